The van der Waals surface area contributed by atoms with Crippen molar-refractivity contribution in [3.05, 3.63) is 70.8 Å². The van der Waals surface area contributed by atoms with Crippen molar-refractivity contribution in [1.29, 1.82) is 0 Å². The van der Waals surface area contributed by atoms with Crippen LogP contribution in [0, 0.1) is 13.8 Å². The van der Waals surface area contributed by atoms with E-state index < -0.39 is 16.1 Å². The van der Waals surface area contributed by atoms with Gasteiger partial charge in [0.1, 0.15) is 0 Å². The molecule has 9 heteroatoms. The first-order valence-electron chi connectivity index (χ1n) is 8.55. The second-order valence-corrected chi connectivity index (χ2v) is 9.26. The summed E-state index contributed by atoms with van der Waals surface area (Å²) in [6.07, 6.45) is 0. The first-order chi connectivity index (χ1) is 13.3. The number of rotatable bonds is 6. The number of nitrogens with one attached hydrogen (secondary N) is 2. The van der Waals surface area contributed by atoms with Crippen LogP contribution in [-0.4, -0.2) is 24.5 Å². The molecular formula is C19H20N4O3S2. The van der Waals surface area contributed by atoms with Gasteiger partial charge in [0.2, 0.25) is 9.47 Å². The number of nitrogens with zero attached hydrogens (tertiary/aromatic N) is 2. The van der Waals surface area contributed by atoms with Gasteiger partial charge in [-0.3, -0.25) is 10.1 Å². The maximum atomic E-state index is 12.6. The van der Waals surface area contributed by atoms with Crippen molar-refractivity contribution in [2.24, 2.45) is 0 Å². The average Bonchev–Trinajstić information content (AvgIpc) is 3.11. The molecule has 1 atom stereocenters. The third kappa shape index (κ3) is 4.61. The summed E-state index contributed by atoms with van der Waals surface area (Å²) in [6, 6.07) is 14.2. The maximum Gasteiger partial charge on any atom is 0.270 e. The largest absolute Gasteiger partial charge is 0.296 e. The minimum Gasteiger partial charge on any atom is -0.296 e. The molecule has 2 aromatic carbocycles. The van der Waals surface area contributed by atoms with Crippen LogP contribution in [0.3, 0.4) is 0 Å². The van der Waals surface area contributed by atoms with Gasteiger partial charge in [0.15, 0.2) is 0 Å². The third-order valence-electron chi connectivity index (χ3n) is 4.12. The summed E-state index contributed by atoms with van der Waals surface area (Å²) < 4.78 is 27.7. The van der Waals surface area contributed by atoms with Crippen molar-refractivity contribution in [3.8, 4) is 0 Å². The SMILES string of the molecule is Cc1cccc(C(=O)Nc2nnc(S(=O)(=O)N[C@@H](C)c3ccccc3C)s2)c1. The molecule has 3 aromatic rings. The molecule has 28 heavy (non-hydrogen) atoms. The van der Waals surface area contributed by atoms with Crippen LogP contribution in [0.1, 0.15) is 40.0 Å². The highest BCUT2D eigenvalue weighted by Crippen LogP contribution is 2.24. The van der Waals surface area contributed by atoms with Crippen LogP contribution in [0.4, 0.5) is 5.13 Å². The highest BCUT2D eigenvalue weighted by Gasteiger charge is 2.24. The number of carbonyl (C=O) groups excluding carboxylic acids is 1. The Kier molecular flexibility index (Phi) is 5.87. The molecule has 0 saturated heterocycles. The molecule has 0 aliphatic carbocycles. The number of hydrogen-bond acceptors (Lipinski definition) is 6. The van der Waals surface area contributed by atoms with E-state index in [2.05, 4.69) is 20.2 Å². The lowest BCUT2D eigenvalue weighted by molar-refractivity contribution is 0.102. The molecular weight excluding hydrogens is 396 g/mol. The molecule has 0 radical (unpaired) electrons. The van der Waals surface area contributed by atoms with Crippen molar-refractivity contribution >= 4 is 32.4 Å². The Morgan fingerprint density at radius 2 is 1.82 bits per heavy atom. The van der Waals surface area contributed by atoms with Gasteiger partial charge in [-0.2, -0.15) is 0 Å². The number of anilines is 1. The zero-order valence-electron chi connectivity index (χ0n) is 15.6. The lowest BCUT2D eigenvalue weighted by atomic mass is 10.0. The van der Waals surface area contributed by atoms with Gasteiger partial charge in [-0.05, 0) is 44.0 Å². The van der Waals surface area contributed by atoms with E-state index in [-0.39, 0.29) is 15.4 Å². The van der Waals surface area contributed by atoms with Crippen LogP contribution in [0.25, 0.3) is 0 Å². The predicted octanol–water partition coefficient (Wildman–Crippen LogP) is 3.45. The van der Waals surface area contributed by atoms with Crippen LogP contribution < -0.4 is 10.0 Å². The molecule has 7 nitrogen and oxygen atoms in total. The summed E-state index contributed by atoms with van der Waals surface area (Å²) in [6.45, 7) is 5.57. The highest BCUT2D eigenvalue weighted by molar-refractivity contribution is 7.91. The number of amides is 1. The molecule has 2 N–H and O–H groups in total. The summed E-state index contributed by atoms with van der Waals surface area (Å²) in [7, 11) is -3.87. The van der Waals surface area contributed by atoms with Gasteiger partial charge in [-0.15, -0.1) is 10.2 Å². The first kappa shape index (κ1) is 20.1. The number of aryl methyl sites for hydroxylation is 2. The molecule has 146 valence electrons. The molecule has 0 fully saturated rings. The molecule has 0 spiro atoms. The van der Waals surface area contributed by atoms with E-state index in [0.29, 0.717) is 5.56 Å². The Balaban J connectivity index is 1.73. The lowest BCUT2D eigenvalue weighted by Gasteiger charge is -2.15. The Morgan fingerprint density at radius 3 is 2.54 bits per heavy atom. The smallest absolute Gasteiger partial charge is 0.270 e. The summed E-state index contributed by atoms with van der Waals surface area (Å²) in [4.78, 5) is 12.3. The van der Waals surface area contributed by atoms with Gasteiger partial charge >= 0.3 is 0 Å². The topological polar surface area (TPSA) is 101 Å². The number of hydrogen-bond donors (Lipinski definition) is 2. The van der Waals surface area contributed by atoms with Gasteiger partial charge in [-0.25, -0.2) is 13.1 Å². The molecule has 0 aliphatic heterocycles. The first-order valence-corrected chi connectivity index (χ1v) is 10.9. The van der Waals surface area contributed by atoms with Crippen LogP contribution in [0.5, 0.6) is 0 Å². The second-order valence-electron chi connectivity index (χ2n) is 6.40. The number of benzene rings is 2. The molecule has 1 heterocycles. The molecule has 0 saturated carbocycles. The standard InChI is InChI=1S/C19H20N4O3S2/c1-12-7-6-9-15(11-12)17(24)20-18-21-22-19(27-18)28(25,26)23-14(3)16-10-5-4-8-13(16)2/h4-11,14,23H,1-3H3,(H,20,21,24)/t14-/m0/s1. The molecule has 0 aliphatic rings. The van der Waals surface area contributed by atoms with E-state index in [4.69, 9.17) is 0 Å². The monoisotopic (exact) mass is 416 g/mol. The van der Waals surface area contributed by atoms with E-state index in [1.165, 1.54) is 0 Å². The maximum absolute atomic E-state index is 12.6. The minimum absolute atomic E-state index is 0.121. The Bertz CT molecular complexity index is 1110. The van der Waals surface area contributed by atoms with Gasteiger partial charge in [0.05, 0.1) is 0 Å². The molecule has 1 aromatic heterocycles. The quantitative estimate of drug-likeness (QED) is 0.600. The number of aromatic nitrogens is 2. The summed E-state index contributed by atoms with van der Waals surface area (Å²) in [5.74, 6) is -0.370. The Labute approximate surface area is 167 Å². The Morgan fingerprint density at radius 1 is 1.07 bits per heavy atom. The van der Waals surface area contributed by atoms with Gasteiger partial charge in [-0.1, -0.05) is 53.3 Å². The highest BCUT2D eigenvalue weighted by atomic mass is 32.2. The molecule has 0 bridgehead atoms. The zero-order valence-corrected chi connectivity index (χ0v) is 17.3. The van der Waals surface area contributed by atoms with Crippen molar-refractivity contribution in [2.45, 2.75) is 31.2 Å². The minimum atomic E-state index is -3.87. The van der Waals surface area contributed by atoms with Crippen LogP contribution >= 0.6 is 11.3 Å². The summed E-state index contributed by atoms with van der Waals surface area (Å²) in [5, 5.41) is 10.2. The van der Waals surface area contributed by atoms with Crippen LogP contribution in [0.15, 0.2) is 52.9 Å². The Hall–Kier alpha value is -2.62. The van der Waals surface area contributed by atoms with Crippen molar-refractivity contribution in [1.82, 2.24) is 14.9 Å². The van der Waals surface area contributed by atoms with Crippen molar-refractivity contribution in [2.75, 3.05) is 5.32 Å². The fourth-order valence-electron chi connectivity index (χ4n) is 2.74. The van der Waals surface area contributed by atoms with Crippen molar-refractivity contribution in [3.63, 3.8) is 0 Å². The van der Waals surface area contributed by atoms with E-state index in [1.807, 2.05) is 44.2 Å². The van der Waals surface area contributed by atoms with Gasteiger partial charge < -0.3 is 0 Å². The summed E-state index contributed by atoms with van der Waals surface area (Å²) in [5.41, 5.74) is 3.28. The fourth-order valence-corrected chi connectivity index (χ4v) is 4.88. The van der Waals surface area contributed by atoms with Crippen LogP contribution in [-0.2, 0) is 10.0 Å². The average molecular weight is 417 g/mol. The lowest BCUT2D eigenvalue weighted by Crippen LogP contribution is -2.27. The number of sulfonamides is 1. The third-order valence-corrected chi connectivity index (χ3v) is 6.87. The van der Waals surface area contributed by atoms with Crippen molar-refractivity contribution < 1.29 is 13.2 Å². The molecule has 0 unspecified atom stereocenters. The van der Waals surface area contributed by atoms with E-state index >= 15 is 0 Å². The number of carbonyl (C=O) groups is 1. The normalized spacial score (nSPS) is 12.5. The van der Waals surface area contributed by atoms with E-state index in [0.717, 1.165) is 28.0 Å². The predicted molar refractivity (Wildman–Crippen MR) is 109 cm³/mol. The van der Waals surface area contributed by atoms with E-state index in [1.54, 1.807) is 25.1 Å². The fraction of sp³-hybridized carbons (Fsp3) is 0.211. The molecule has 1 amide bonds. The second kappa shape index (κ2) is 8.17. The van der Waals surface area contributed by atoms with Gasteiger partial charge in [0.25, 0.3) is 15.9 Å². The zero-order chi connectivity index (χ0) is 20.3. The van der Waals surface area contributed by atoms with Crippen LogP contribution in [0.2, 0.25) is 0 Å². The summed E-state index contributed by atoms with van der Waals surface area (Å²) >= 11 is 0.804. The molecule has 3 rings (SSSR count). The van der Waals surface area contributed by atoms with E-state index in [9.17, 15) is 13.2 Å². The van der Waals surface area contributed by atoms with Gasteiger partial charge in [0, 0.05) is 11.6 Å².